The van der Waals surface area contributed by atoms with Gasteiger partial charge in [-0.1, -0.05) is 53.7 Å². The molecule has 33 heavy (non-hydrogen) atoms. The Balaban J connectivity index is 1.58. The second-order valence-corrected chi connectivity index (χ2v) is 8.74. The van der Waals surface area contributed by atoms with Crippen LogP contribution in [0.15, 0.2) is 81.0 Å². The smallest absolute Gasteiger partial charge is 0.320 e. The fourth-order valence-corrected chi connectivity index (χ4v) is 3.97. The van der Waals surface area contributed by atoms with Crippen molar-refractivity contribution in [1.82, 2.24) is 5.27 Å². The number of aromatic nitrogens is 2. The van der Waals surface area contributed by atoms with Crippen molar-refractivity contribution in [1.29, 1.82) is 0 Å². The number of hydrogen-bond acceptors (Lipinski definition) is 7. The minimum atomic E-state index is -0.428. The lowest BCUT2D eigenvalue weighted by molar-refractivity contribution is -0.779. The molecule has 0 atom stereocenters. The average Bonchev–Trinajstić information content (AvgIpc) is 3.38. The van der Waals surface area contributed by atoms with Crippen LogP contribution in [0.1, 0.15) is 25.5 Å². The van der Waals surface area contributed by atoms with Crippen LogP contribution in [0.4, 0.5) is 11.6 Å². The van der Waals surface area contributed by atoms with E-state index < -0.39 is 5.90 Å². The molecule has 3 aromatic rings. The summed E-state index contributed by atoms with van der Waals surface area (Å²) in [5, 5.41) is 17.2. The van der Waals surface area contributed by atoms with E-state index in [4.69, 9.17) is 16.1 Å². The summed E-state index contributed by atoms with van der Waals surface area (Å²) < 4.78 is 6.64. The van der Waals surface area contributed by atoms with Gasteiger partial charge in [0.05, 0.1) is 5.69 Å². The van der Waals surface area contributed by atoms with E-state index in [-0.39, 0.29) is 29.3 Å². The van der Waals surface area contributed by atoms with Crippen LogP contribution in [0.5, 0.6) is 0 Å². The van der Waals surface area contributed by atoms with Crippen LogP contribution in [-0.2, 0) is 4.79 Å². The van der Waals surface area contributed by atoms with Crippen LogP contribution in [0.3, 0.4) is 0 Å². The molecule has 0 fully saturated rings. The largest absolute Gasteiger partial charge is 0.861 e. The van der Waals surface area contributed by atoms with E-state index in [0.29, 0.717) is 15.9 Å². The molecule has 10 heteroatoms. The van der Waals surface area contributed by atoms with Crippen molar-refractivity contribution in [3.63, 3.8) is 0 Å². The maximum Gasteiger partial charge on any atom is 0.320 e. The Morgan fingerprint density at radius 1 is 1.27 bits per heavy atom. The van der Waals surface area contributed by atoms with E-state index in [0.717, 1.165) is 17.3 Å². The number of nitrogens with zero attached hydrogens (tertiary/aromatic N) is 5. The van der Waals surface area contributed by atoms with Crippen LogP contribution in [0.2, 0.25) is 5.02 Å². The molecule has 0 radical (unpaired) electrons. The summed E-state index contributed by atoms with van der Waals surface area (Å²) >= 11 is 7.19. The predicted octanol–water partition coefficient (Wildman–Crippen LogP) is 3.76. The van der Waals surface area contributed by atoms with Crippen molar-refractivity contribution in [3.8, 4) is 0 Å². The molecule has 0 spiro atoms. The lowest BCUT2D eigenvalue weighted by Crippen LogP contribution is -2.36. The quantitative estimate of drug-likeness (QED) is 0.231. The molecule has 8 nitrogen and oxygen atoms in total. The van der Waals surface area contributed by atoms with Crippen LogP contribution >= 0.6 is 23.4 Å². The minimum absolute atomic E-state index is 0.0255. The van der Waals surface area contributed by atoms with Crippen LogP contribution in [0, 0.1) is 0 Å². The molecule has 0 N–H and O–H groups in total. The van der Waals surface area contributed by atoms with Gasteiger partial charge in [0.2, 0.25) is 5.27 Å². The lowest BCUT2D eigenvalue weighted by Gasteiger charge is -2.18. The van der Waals surface area contributed by atoms with E-state index >= 15 is 0 Å². The van der Waals surface area contributed by atoms with E-state index in [1.807, 2.05) is 50.2 Å². The normalized spacial score (nSPS) is 15.6. The molecule has 0 unspecified atom stereocenters. The topological polar surface area (TPSA) is 98.0 Å². The van der Waals surface area contributed by atoms with Crippen LogP contribution in [-0.4, -0.2) is 28.0 Å². The molecule has 0 bridgehead atoms. The van der Waals surface area contributed by atoms with Gasteiger partial charge in [0, 0.05) is 10.8 Å². The SMILES string of the molecule is CC(C)[n+]1cc(/N=C(/[O-])CSC2=N/C(=C/c3cccc(Cl)c3)C(=O)N2c2ccccc2)on1. The molecule has 168 valence electrons. The van der Waals surface area contributed by atoms with Crippen LogP contribution < -0.4 is 14.7 Å². The first-order valence-electron chi connectivity index (χ1n) is 10.1. The number of carbonyl (C=O) groups excluding carboxylic acids is 1. The monoisotopic (exact) mass is 481 g/mol. The summed E-state index contributed by atoms with van der Waals surface area (Å²) in [6.45, 7) is 3.87. The number of benzene rings is 2. The standard InChI is InChI=1S/C23H20ClN5O3S/c1-15(2)28-13-21(32-27-28)26-20(30)14-33-23-25-19(12-16-7-6-8-17(24)11-16)22(31)29(23)18-9-4-3-5-10-18/h3-13,15H,14H2,1-2H3/b19-12+. The lowest BCUT2D eigenvalue weighted by atomic mass is 10.2. The van der Waals surface area contributed by atoms with Crippen molar-refractivity contribution in [2.24, 2.45) is 9.98 Å². The number of para-hydroxylation sites is 1. The maximum absolute atomic E-state index is 13.2. The van der Waals surface area contributed by atoms with Gasteiger partial charge in [0.15, 0.2) is 11.2 Å². The first kappa shape index (κ1) is 22.8. The number of rotatable bonds is 6. The molecular weight excluding hydrogens is 462 g/mol. The van der Waals surface area contributed by atoms with Crippen molar-refractivity contribution < 1.29 is 19.1 Å². The van der Waals surface area contributed by atoms with E-state index in [1.165, 1.54) is 4.90 Å². The number of aliphatic imine (C=N–C) groups is 2. The number of amidine groups is 1. The van der Waals surface area contributed by atoms with Crippen molar-refractivity contribution >= 4 is 58.0 Å². The van der Waals surface area contributed by atoms with Crippen molar-refractivity contribution in [3.05, 3.63) is 77.1 Å². The molecule has 0 saturated heterocycles. The molecule has 1 aromatic heterocycles. The third-order valence-corrected chi connectivity index (χ3v) is 5.71. The number of amides is 1. The average molecular weight is 482 g/mol. The highest BCUT2D eigenvalue weighted by atomic mass is 35.5. The van der Waals surface area contributed by atoms with Gasteiger partial charge in [-0.3, -0.25) is 14.2 Å². The molecule has 1 aliphatic heterocycles. The van der Waals surface area contributed by atoms with Gasteiger partial charge >= 0.3 is 5.88 Å². The van der Waals surface area contributed by atoms with E-state index in [9.17, 15) is 9.90 Å². The molecule has 1 amide bonds. The Morgan fingerprint density at radius 3 is 2.76 bits per heavy atom. The Bertz CT molecular complexity index is 1250. The first-order valence-corrected chi connectivity index (χ1v) is 11.5. The summed E-state index contributed by atoms with van der Waals surface area (Å²) in [4.78, 5) is 23.1. The fourth-order valence-electron chi connectivity index (χ4n) is 2.98. The molecule has 1 aliphatic rings. The Kier molecular flexibility index (Phi) is 6.90. The predicted molar refractivity (Wildman–Crippen MR) is 127 cm³/mol. The van der Waals surface area contributed by atoms with Gasteiger partial charge in [-0.2, -0.15) is 0 Å². The second kappa shape index (κ2) is 10.0. The van der Waals surface area contributed by atoms with E-state index in [2.05, 4.69) is 15.3 Å². The number of anilines is 1. The van der Waals surface area contributed by atoms with Crippen molar-refractivity contribution in [2.45, 2.75) is 19.9 Å². The Labute approximate surface area is 199 Å². The Morgan fingerprint density at radius 2 is 2.06 bits per heavy atom. The summed E-state index contributed by atoms with van der Waals surface area (Å²) in [7, 11) is 0. The number of thioether (sulfide) groups is 1. The van der Waals surface area contributed by atoms with E-state index in [1.54, 1.807) is 35.2 Å². The molecule has 4 rings (SSSR count). The van der Waals surface area contributed by atoms with Gasteiger partial charge in [-0.15, -0.1) is 0 Å². The zero-order valence-corrected chi connectivity index (χ0v) is 19.5. The first-order chi connectivity index (χ1) is 15.9. The summed E-state index contributed by atoms with van der Waals surface area (Å²) in [6, 6.07) is 16.4. The van der Waals surface area contributed by atoms with Gasteiger partial charge in [0.1, 0.15) is 5.70 Å². The molecule has 2 aromatic carbocycles. The van der Waals surface area contributed by atoms with Gasteiger partial charge in [-0.25, -0.2) is 9.98 Å². The zero-order chi connectivity index (χ0) is 23.4. The molecular formula is C23H20ClN5O3S. The van der Waals surface area contributed by atoms with Gasteiger partial charge in [0.25, 0.3) is 12.1 Å². The van der Waals surface area contributed by atoms with Crippen molar-refractivity contribution in [2.75, 3.05) is 10.7 Å². The molecule has 2 heterocycles. The summed E-state index contributed by atoms with van der Waals surface area (Å²) in [6.07, 6.45) is 3.23. The van der Waals surface area contributed by atoms with Crippen LogP contribution in [0.25, 0.3) is 6.08 Å². The van der Waals surface area contributed by atoms with Gasteiger partial charge in [-0.05, 0) is 60.3 Å². The number of hydrogen-bond donors (Lipinski definition) is 0. The molecule has 0 aliphatic carbocycles. The highest BCUT2D eigenvalue weighted by Crippen LogP contribution is 2.29. The third-order valence-electron chi connectivity index (χ3n) is 4.56. The van der Waals surface area contributed by atoms with Gasteiger partial charge < -0.3 is 5.11 Å². The highest BCUT2D eigenvalue weighted by Gasteiger charge is 2.31. The Hall–Kier alpha value is -3.43. The summed E-state index contributed by atoms with van der Waals surface area (Å²) in [5.41, 5.74) is 1.66. The summed E-state index contributed by atoms with van der Waals surface area (Å²) in [5.74, 6) is -0.619. The number of carbonyl (C=O) groups is 1. The highest BCUT2D eigenvalue weighted by molar-refractivity contribution is 8.14. The number of halogens is 1. The molecule has 0 saturated carbocycles. The third kappa shape index (κ3) is 5.50. The zero-order valence-electron chi connectivity index (χ0n) is 17.9. The maximum atomic E-state index is 13.2. The second-order valence-electron chi connectivity index (χ2n) is 7.36. The fraction of sp³-hybridized carbons (Fsp3) is 0.174. The minimum Gasteiger partial charge on any atom is -0.861 e.